The highest BCUT2D eigenvalue weighted by molar-refractivity contribution is 7.88. The summed E-state index contributed by atoms with van der Waals surface area (Å²) >= 11 is 0. The van der Waals surface area contributed by atoms with Crippen molar-refractivity contribution in [3.8, 4) is 5.75 Å². The Morgan fingerprint density at radius 3 is 2.67 bits per heavy atom. The van der Waals surface area contributed by atoms with E-state index in [1.807, 2.05) is 12.1 Å². The number of nitrogens with one attached hydrogen (secondary N) is 1. The van der Waals surface area contributed by atoms with E-state index >= 15 is 0 Å². The zero-order valence-corrected chi connectivity index (χ0v) is 18.2. The Balaban J connectivity index is 1.58. The van der Waals surface area contributed by atoms with Gasteiger partial charge in [-0.05, 0) is 37.1 Å². The smallest absolute Gasteiger partial charge is 0.255 e. The first-order valence-corrected chi connectivity index (χ1v) is 12.1. The molecule has 1 fully saturated rings. The fourth-order valence-corrected chi connectivity index (χ4v) is 5.10. The van der Waals surface area contributed by atoms with Crippen LogP contribution in [0.15, 0.2) is 29.1 Å². The molecule has 162 valence electrons. The maximum atomic E-state index is 12.8. The number of piperidine rings is 1. The Hall–Kier alpha value is -2.23. The molecule has 0 radical (unpaired) electrons. The monoisotopic (exact) mass is 432 g/mol. The van der Waals surface area contributed by atoms with Crippen LogP contribution in [0.3, 0.4) is 0 Å². The summed E-state index contributed by atoms with van der Waals surface area (Å²) in [5.41, 5.74) is 2.15. The summed E-state index contributed by atoms with van der Waals surface area (Å²) in [7, 11) is -1.67. The van der Waals surface area contributed by atoms with Gasteiger partial charge in [0.1, 0.15) is 11.6 Å². The van der Waals surface area contributed by atoms with E-state index in [1.165, 1.54) is 16.1 Å². The highest BCUT2D eigenvalue weighted by atomic mass is 32.2. The van der Waals surface area contributed by atoms with Crippen molar-refractivity contribution in [1.82, 2.24) is 19.2 Å². The van der Waals surface area contributed by atoms with Crippen molar-refractivity contribution in [1.29, 1.82) is 0 Å². The van der Waals surface area contributed by atoms with Crippen LogP contribution in [0.25, 0.3) is 0 Å². The molecule has 9 heteroatoms. The van der Waals surface area contributed by atoms with Gasteiger partial charge in [-0.25, -0.2) is 13.4 Å². The number of methoxy groups -OCH3 is 1. The molecule has 2 aromatic rings. The predicted octanol–water partition coefficient (Wildman–Crippen LogP) is 1.82. The molecule has 30 heavy (non-hydrogen) atoms. The van der Waals surface area contributed by atoms with Gasteiger partial charge < -0.3 is 9.72 Å². The summed E-state index contributed by atoms with van der Waals surface area (Å²) in [6, 6.07) is 8.09. The second-order valence-corrected chi connectivity index (χ2v) is 10.0. The predicted molar refractivity (Wildman–Crippen MR) is 114 cm³/mol. The van der Waals surface area contributed by atoms with Gasteiger partial charge in [-0.15, -0.1) is 0 Å². The van der Waals surface area contributed by atoms with Crippen LogP contribution in [0, 0.1) is 0 Å². The normalized spacial score (nSPS) is 20.7. The lowest BCUT2D eigenvalue weighted by atomic mass is 9.99. The topological polar surface area (TPSA) is 95.6 Å². The van der Waals surface area contributed by atoms with Crippen LogP contribution in [-0.2, 0) is 29.5 Å². The summed E-state index contributed by atoms with van der Waals surface area (Å²) in [6.45, 7) is 2.18. The number of aromatic nitrogens is 2. The van der Waals surface area contributed by atoms with Crippen molar-refractivity contribution in [2.45, 2.75) is 44.8 Å². The number of nitrogens with zero attached hydrogens (tertiary/aromatic N) is 3. The van der Waals surface area contributed by atoms with Gasteiger partial charge in [0, 0.05) is 26.1 Å². The molecule has 1 aromatic heterocycles. The summed E-state index contributed by atoms with van der Waals surface area (Å²) in [5.74, 6) is 1.53. The summed E-state index contributed by atoms with van der Waals surface area (Å²) < 4.78 is 30.3. The average molecular weight is 433 g/mol. The molecule has 0 unspecified atom stereocenters. The van der Waals surface area contributed by atoms with Gasteiger partial charge in [0.2, 0.25) is 10.0 Å². The van der Waals surface area contributed by atoms with E-state index < -0.39 is 10.0 Å². The molecule has 1 aromatic carbocycles. The fraction of sp³-hybridized carbons (Fsp3) is 0.524. The molecule has 0 bridgehead atoms. The number of hydrogen-bond donors (Lipinski definition) is 1. The number of fused-ring (bicyclic) bond motifs is 1. The molecule has 2 aliphatic rings. The highest BCUT2D eigenvalue weighted by Crippen LogP contribution is 2.31. The maximum absolute atomic E-state index is 12.8. The zero-order chi connectivity index (χ0) is 21.3. The first-order chi connectivity index (χ1) is 14.3. The van der Waals surface area contributed by atoms with E-state index in [0.29, 0.717) is 24.4 Å². The molecule has 8 nitrogen and oxygen atoms in total. The standard InChI is InChI=1S/C21H28N4O4S/c1-29-16-8-6-15(7-9-16)13-24-11-4-3-5-19(24)20-22-18-10-12-25(30(2,27)28)14-17(18)21(26)23-20/h6-9,19H,3-5,10-14H2,1-2H3,(H,22,23,26)/t19-/m0/s1. The number of hydrogen-bond acceptors (Lipinski definition) is 6. The molecule has 0 aliphatic carbocycles. The third-order valence-electron chi connectivity index (χ3n) is 5.99. The molecule has 4 rings (SSSR count). The number of likely N-dealkylation sites (tertiary alicyclic amines) is 1. The lowest BCUT2D eigenvalue weighted by molar-refractivity contribution is 0.133. The van der Waals surface area contributed by atoms with Gasteiger partial charge >= 0.3 is 0 Å². The number of benzene rings is 1. The Morgan fingerprint density at radius 1 is 1.20 bits per heavy atom. The van der Waals surface area contributed by atoms with E-state index in [4.69, 9.17) is 9.72 Å². The Bertz CT molecular complexity index is 1070. The molecule has 0 saturated carbocycles. The van der Waals surface area contributed by atoms with Gasteiger partial charge in [0.15, 0.2) is 0 Å². The lowest BCUT2D eigenvalue weighted by Gasteiger charge is -2.35. The van der Waals surface area contributed by atoms with Crippen molar-refractivity contribution < 1.29 is 13.2 Å². The van der Waals surface area contributed by atoms with Gasteiger partial charge in [-0.1, -0.05) is 18.6 Å². The van der Waals surface area contributed by atoms with Gasteiger partial charge in [-0.3, -0.25) is 9.69 Å². The molecule has 3 heterocycles. The Morgan fingerprint density at radius 2 is 1.97 bits per heavy atom. The van der Waals surface area contributed by atoms with Crippen molar-refractivity contribution in [2.75, 3.05) is 26.5 Å². The second-order valence-electron chi connectivity index (χ2n) is 8.05. The fourth-order valence-electron chi connectivity index (χ4n) is 4.32. The quantitative estimate of drug-likeness (QED) is 0.774. The molecular formula is C21H28N4O4S. The third kappa shape index (κ3) is 4.43. The molecule has 1 saturated heterocycles. The number of rotatable bonds is 5. The first-order valence-electron chi connectivity index (χ1n) is 10.3. The van der Waals surface area contributed by atoms with Crippen LogP contribution < -0.4 is 10.3 Å². The van der Waals surface area contributed by atoms with Gasteiger partial charge in [-0.2, -0.15) is 4.31 Å². The zero-order valence-electron chi connectivity index (χ0n) is 17.4. The van der Waals surface area contributed by atoms with Gasteiger partial charge in [0.25, 0.3) is 5.56 Å². The van der Waals surface area contributed by atoms with E-state index in [0.717, 1.165) is 43.8 Å². The summed E-state index contributed by atoms with van der Waals surface area (Å²) in [5, 5.41) is 0. The van der Waals surface area contributed by atoms with Crippen LogP contribution in [0.1, 0.15) is 47.9 Å². The maximum Gasteiger partial charge on any atom is 0.255 e. The minimum absolute atomic E-state index is 0.0480. The number of aromatic amines is 1. The van der Waals surface area contributed by atoms with Crippen LogP contribution in [0.2, 0.25) is 0 Å². The van der Waals surface area contributed by atoms with Crippen LogP contribution in [0.4, 0.5) is 0 Å². The Labute approximate surface area is 176 Å². The number of H-pyrrole nitrogens is 1. The van der Waals surface area contributed by atoms with Gasteiger partial charge in [0.05, 0.1) is 30.7 Å². The molecule has 1 N–H and O–H groups in total. The van der Waals surface area contributed by atoms with Crippen molar-refractivity contribution in [3.05, 3.63) is 57.3 Å². The lowest BCUT2D eigenvalue weighted by Crippen LogP contribution is -2.40. The van der Waals surface area contributed by atoms with E-state index in [-0.39, 0.29) is 18.1 Å². The van der Waals surface area contributed by atoms with Crippen LogP contribution in [-0.4, -0.2) is 54.0 Å². The first kappa shape index (κ1) is 21.0. The second kappa shape index (κ2) is 8.49. The number of ether oxygens (including phenoxy) is 1. The molecule has 2 aliphatic heterocycles. The molecular weight excluding hydrogens is 404 g/mol. The summed E-state index contributed by atoms with van der Waals surface area (Å²) in [4.78, 5) is 22.9. The molecule has 1 atom stereocenters. The van der Waals surface area contributed by atoms with Crippen LogP contribution in [0.5, 0.6) is 5.75 Å². The Kier molecular flexibility index (Phi) is 5.95. The summed E-state index contributed by atoms with van der Waals surface area (Å²) in [6.07, 6.45) is 4.78. The van der Waals surface area contributed by atoms with Crippen molar-refractivity contribution in [3.63, 3.8) is 0 Å². The van der Waals surface area contributed by atoms with Crippen LogP contribution >= 0.6 is 0 Å². The SMILES string of the molecule is COc1ccc(CN2CCCC[C@H]2c2nc3c(c(=O)[nH]2)CN(S(C)(=O)=O)CC3)cc1. The average Bonchev–Trinajstić information content (AvgIpc) is 2.74. The van der Waals surface area contributed by atoms with E-state index in [1.54, 1.807) is 7.11 Å². The minimum atomic E-state index is -3.33. The van der Waals surface area contributed by atoms with E-state index in [2.05, 4.69) is 22.0 Å². The minimum Gasteiger partial charge on any atom is -0.497 e. The number of sulfonamides is 1. The molecule has 0 spiro atoms. The molecule has 0 amide bonds. The highest BCUT2D eigenvalue weighted by Gasteiger charge is 2.30. The van der Waals surface area contributed by atoms with Crippen molar-refractivity contribution in [2.24, 2.45) is 0 Å². The van der Waals surface area contributed by atoms with E-state index in [9.17, 15) is 13.2 Å². The largest absolute Gasteiger partial charge is 0.497 e. The third-order valence-corrected chi connectivity index (χ3v) is 7.24. The van der Waals surface area contributed by atoms with Crippen molar-refractivity contribution >= 4 is 10.0 Å².